The summed E-state index contributed by atoms with van der Waals surface area (Å²) in [7, 11) is 1.93. The molecule has 0 aliphatic rings. The number of carbonyl (C=O) groups excluding carboxylic acids is 1. The predicted octanol–water partition coefficient (Wildman–Crippen LogP) is 3.46. The highest BCUT2D eigenvalue weighted by molar-refractivity contribution is 5.98. The lowest BCUT2D eigenvalue weighted by Crippen LogP contribution is -2.27. The van der Waals surface area contributed by atoms with Crippen LogP contribution in [0.5, 0.6) is 0 Å². The molecule has 0 spiro atoms. The van der Waals surface area contributed by atoms with E-state index in [0.29, 0.717) is 12.2 Å². The van der Waals surface area contributed by atoms with E-state index < -0.39 is 0 Å². The summed E-state index contributed by atoms with van der Waals surface area (Å²) < 4.78 is 1.95. The maximum absolute atomic E-state index is 12.4. The van der Waals surface area contributed by atoms with E-state index in [-0.39, 0.29) is 5.91 Å². The first kappa shape index (κ1) is 14.4. The zero-order chi connectivity index (χ0) is 15.5. The maximum Gasteiger partial charge on any atom is 0.267 e. The molecule has 1 aromatic heterocycles. The Morgan fingerprint density at radius 2 is 1.86 bits per heavy atom. The topological polar surface area (TPSA) is 34.0 Å². The maximum atomic E-state index is 12.4. The molecule has 0 radical (unpaired) electrons. The van der Waals surface area contributed by atoms with Gasteiger partial charge in [-0.15, -0.1) is 0 Å². The molecule has 0 saturated heterocycles. The van der Waals surface area contributed by atoms with Crippen molar-refractivity contribution in [3.05, 3.63) is 71.4 Å². The lowest BCUT2D eigenvalue weighted by Gasteiger charge is -2.06. The average Bonchev–Trinajstić information content (AvgIpc) is 2.84. The van der Waals surface area contributed by atoms with Crippen LogP contribution in [-0.2, 0) is 13.5 Å². The van der Waals surface area contributed by atoms with Crippen LogP contribution in [-0.4, -0.2) is 17.0 Å². The second-order valence-electron chi connectivity index (χ2n) is 5.64. The summed E-state index contributed by atoms with van der Waals surface area (Å²) >= 11 is 0. The van der Waals surface area contributed by atoms with Crippen molar-refractivity contribution < 1.29 is 4.79 Å². The summed E-state index contributed by atoms with van der Waals surface area (Å²) in [5.74, 6) is -0.0210. The standard InChI is InChI=1S/C19H20N2O/c1-14-8-9-17-16(12-14)13-18(21(17)2)19(22)20-11-10-15-6-4-3-5-7-15/h3-9,12-13H,10-11H2,1-2H3,(H,20,22). The highest BCUT2D eigenvalue weighted by atomic mass is 16.1. The van der Waals surface area contributed by atoms with Crippen LogP contribution in [0.1, 0.15) is 21.6 Å². The van der Waals surface area contributed by atoms with Gasteiger partial charge in [0.25, 0.3) is 5.91 Å². The number of fused-ring (bicyclic) bond motifs is 1. The van der Waals surface area contributed by atoms with E-state index in [1.807, 2.05) is 35.9 Å². The van der Waals surface area contributed by atoms with Crippen LogP contribution in [0.2, 0.25) is 0 Å². The van der Waals surface area contributed by atoms with Crippen LogP contribution in [0.4, 0.5) is 0 Å². The van der Waals surface area contributed by atoms with Crippen LogP contribution in [0, 0.1) is 6.92 Å². The number of nitrogens with zero attached hydrogens (tertiary/aromatic N) is 1. The second-order valence-corrected chi connectivity index (χ2v) is 5.64. The van der Waals surface area contributed by atoms with Gasteiger partial charge >= 0.3 is 0 Å². The summed E-state index contributed by atoms with van der Waals surface area (Å²) in [5, 5.41) is 4.11. The van der Waals surface area contributed by atoms with Gasteiger partial charge in [-0.1, -0.05) is 42.0 Å². The van der Waals surface area contributed by atoms with Crippen molar-refractivity contribution in [2.24, 2.45) is 7.05 Å². The van der Waals surface area contributed by atoms with Crippen molar-refractivity contribution in [1.29, 1.82) is 0 Å². The summed E-state index contributed by atoms with van der Waals surface area (Å²) in [6, 6.07) is 18.4. The fourth-order valence-corrected chi connectivity index (χ4v) is 2.74. The molecule has 0 fully saturated rings. The van der Waals surface area contributed by atoms with Gasteiger partial charge in [-0.2, -0.15) is 0 Å². The molecular weight excluding hydrogens is 272 g/mol. The van der Waals surface area contributed by atoms with Gasteiger partial charge in [0.2, 0.25) is 0 Å². The monoisotopic (exact) mass is 292 g/mol. The first-order chi connectivity index (χ1) is 10.6. The van der Waals surface area contributed by atoms with E-state index in [2.05, 4.69) is 42.6 Å². The van der Waals surface area contributed by atoms with E-state index in [4.69, 9.17) is 0 Å². The molecule has 1 heterocycles. The molecule has 3 nitrogen and oxygen atoms in total. The Bertz CT molecular complexity index is 803. The number of nitrogens with one attached hydrogen (secondary N) is 1. The fraction of sp³-hybridized carbons (Fsp3) is 0.211. The predicted molar refractivity (Wildman–Crippen MR) is 90.1 cm³/mol. The highest BCUT2D eigenvalue weighted by Gasteiger charge is 2.12. The molecule has 3 aromatic rings. The van der Waals surface area contributed by atoms with Crippen molar-refractivity contribution >= 4 is 16.8 Å². The largest absolute Gasteiger partial charge is 0.350 e. The van der Waals surface area contributed by atoms with E-state index in [1.165, 1.54) is 11.1 Å². The fourth-order valence-electron chi connectivity index (χ4n) is 2.74. The number of carbonyl (C=O) groups is 1. The van der Waals surface area contributed by atoms with Gasteiger partial charge in [-0.3, -0.25) is 4.79 Å². The summed E-state index contributed by atoms with van der Waals surface area (Å²) in [4.78, 5) is 12.4. The number of aromatic nitrogens is 1. The van der Waals surface area contributed by atoms with Gasteiger partial charge in [0.15, 0.2) is 0 Å². The third-order valence-corrected chi connectivity index (χ3v) is 3.97. The summed E-state index contributed by atoms with van der Waals surface area (Å²) in [5.41, 5.74) is 4.22. The molecule has 0 aliphatic heterocycles. The zero-order valence-corrected chi connectivity index (χ0v) is 13.0. The van der Waals surface area contributed by atoms with Crippen LogP contribution in [0.15, 0.2) is 54.6 Å². The van der Waals surface area contributed by atoms with Crippen molar-refractivity contribution in [1.82, 2.24) is 9.88 Å². The van der Waals surface area contributed by atoms with Gasteiger partial charge in [0.1, 0.15) is 5.69 Å². The Morgan fingerprint density at radius 1 is 1.09 bits per heavy atom. The van der Waals surface area contributed by atoms with E-state index in [9.17, 15) is 4.79 Å². The minimum absolute atomic E-state index is 0.0210. The molecule has 22 heavy (non-hydrogen) atoms. The molecule has 3 rings (SSSR count). The highest BCUT2D eigenvalue weighted by Crippen LogP contribution is 2.20. The third-order valence-electron chi connectivity index (χ3n) is 3.97. The van der Waals surface area contributed by atoms with Crippen molar-refractivity contribution in [2.45, 2.75) is 13.3 Å². The zero-order valence-electron chi connectivity index (χ0n) is 13.0. The Balaban J connectivity index is 1.71. The van der Waals surface area contributed by atoms with Crippen molar-refractivity contribution in [3.8, 4) is 0 Å². The molecule has 112 valence electrons. The molecule has 0 saturated carbocycles. The van der Waals surface area contributed by atoms with Crippen LogP contribution in [0.3, 0.4) is 0 Å². The quantitative estimate of drug-likeness (QED) is 0.785. The van der Waals surface area contributed by atoms with Gasteiger partial charge in [0, 0.05) is 24.5 Å². The Hall–Kier alpha value is -2.55. The number of rotatable bonds is 4. The van der Waals surface area contributed by atoms with Gasteiger partial charge in [-0.05, 0) is 37.1 Å². The lowest BCUT2D eigenvalue weighted by molar-refractivity contribution is 0.0946. The molecular formula is C19H20N2O. The van der Waals surface area contributed by atoms with Crippen LogP contribution >= 0.6 is 0 Å². The van der Waals surface area contributed by atoms with Crippen molar-refractivity contribution in [2.75, 3.05) is 6.54 Å². The van der Waals surface area contributed by atoms with Crippen LogP contribution in [0.25, 0.3) is 10.9 Å². The van der Waals surface area contributed by atoms with E-state index in [0.717, 1.165) is 17.3 Å². The van der Waals surface area contributed by atoms with E-state index in [1.54, 1.807) is 0 Å². The number of hydrogen-bond donors (Lipinski definition) is 1. The molecule has 3 heteroatoms. The van der Waals surface area contributed by atoms with Gasteiger partial charge < -0.3 is 9.88 Å². The number of amides is 1. The van der Waals surface area contributed by atoms with Gasteiger partial charge in [-0.25, -0.2) is 0 Å². The Morgan fingerprint density at radius 3 is 2.64 bits per heavy atom. The molecule has 2 aromatic carbocycles. The minimum Gasteiger partial charge on any atom is -0.350 e. The van der Waals surface area contributed by atoms with Crippen molar-refractivity contribution in [3.63, 3.8) is 0 Å². The number of hydrogen-bond acceptors (Lipinski definition) is 1. The Kier molecular flexibility index (Phi) is 3.96. The first-order valence-electron chi connectivity index (χ1n) is 7.53. The summed E-state index contributed by atoms with van der Waals surface area (Å²) in [6.07, 6.45) is 0.843. The third kappa shape index (κ3) is 2.89. The van der Waals surface area contributed by atoms with Gasteiger partial charge in [0.05, 0.1) is 0 Å². The summed E-state index contributed by atoms with van der Waals surface area (Å²) in [6.45, 7) is 2.70. The molecule has 0 bridgehead atoms. The number of aryl methyl sites for hydroxylation is 2. The smallest absolute Gasteiger partial charge is 0.267 e. The first-order valence-corrected chi connectivity index (χ1v) is 7.53. The number of benzene rings is 2. The lowest BCUT2D eigenvalue weighted by atomic mass is 10.1. The molecule has 0 aliphatic carbocycles. The molecule has 1 N–H and O–H groups in total. The average molecular weight is 292 g/mol. The SMILES string of the molecule is Cc1ccc2c(c1)cc(C(=O)NCCc1ccccc1)n2C. The van der Waals surface area contributed by atoms with E-state index >= 15 is 0 Å². The minimum atomic E-state index is -0.0210. The molecule has 0 atom stereocenters. The molecule has 1 amide bonds. The molecule has 0 unspecified atom stereocenters. The normalized spacial score (nSPS) is 10.8. The van der Waals surface area contributed by atoms with Crippen LogP contribution < -0.4 is 5.32 Å². The Labute approximate surface area is 130 Å². The second kappa shape index (κ2) is 6.06.